The molecule has 2 rings (SSSR count). The number of aliphatic imine (C=N–C) groups is 1. The van der Waals surface area contributed by atoms with Crippen LogP contribution in [0.3, 0.4) is 0 Å². The van der Waals surface area contributed by atoms with Gasteiger partial charge >= 0.3 is 0 Å². The first-order valence-electron chi connectivity index (χ1n) is 7.53. The molecule has 0 radical (unpaired) electrons. The van der Waals surface area contributed by atoms with Gasteiger partial charge in [0.2, 0.25) is 0 Å². The Bertz CT molecular complexity index is 419. The van der Waals surface area contributed by atoms with E-state index >= 15 is 0 Å². The van der Waals surface area contributed by atoms with Crippen LogP contribution < -0.4 is 10.6 Å². The van der Waals surface area contributed by atoms with Crippen molar-refractivity contribution in [3.8, 4) is 0 Å². The van der Waals surface area contributed by atoms with Crippen molar-refractivity contribution in [3.05, 3.63) is 35.9 Å². The van der Waals surface area contributed by atoms with Crippen molar-refractivity contribution in [3.63, 3.8) is 0 Å². The van der Waals surface area contributed by atoms with Gasteiger partial charge in [-0.15, -0.1) is 0 Å². The molecule has 3 N–H and O–H groups in total. The van der Waals surface area contributed by atoms with Crippen molar-refractivity contribution in [2.75, 3.05) is 13.1 Å². The van der Waals surface area contributed by atoms with Crippen molar-refractivity contribution in [1.82, 2.24) is 10.6 Å². The van der Waals surface area contributed by atoms with E-state index in [2.05, 4.69) is 34.7 Å². The summed E-state index contributed by atoms with van der Waals surface area (Å²) >= 11 is 0. The molecule has 1 fully saturated rings. The molecule has 2 atom stereocenters. The summed E-state index contributed by atoms with van der Waals surface area (Å²) in [4.78, 5) is 4.58. The van der Waals surface area contributed by atoms with Gasteiger partial charge in [-0.1, -0.05) is 36.8 Å². The van der Waals surface area contributed by atoms with Gasteiger partial charge in [-0.2, -0.15) is 0 Å². The molecular weight excluding hydrogens is 250 g/mol. The maximum atomic E-state index is 9.84. The van der Waals surface area contributed by atoms with Crippen LogP contribution in [0, 0.1) is 5.92 Å². The predicted molar refractivity (Wildman–Crippen MR) is 82.6 cm³/mol. The minimum atomic E-state index is -0.153. The third kappa shape index (κ3) is 4.53. The Morgan fingerprint density at radius 3 is 2.70 bits per heavy atom. The van der Waals surface area contributed by atoms with Crippen LogP contribution in [0.1, 0.15) is 31.7 Å². The van der Waals surface area contributed by atoms with E-state index in [1.54, 1.807) is 0 Å². The smallest absolute Gasteiger partial charge is 0.191 e. The summed E-state index contributed by atoms with van der Waals surface area (Å²) in [5.74, 6) is 1.19. The summed E-state index contributed by atoms with van der Waals surface area (Å²) in [6.45, 7) is 4.36. The van der Waals surface area contributed by atoms with E-state index in [4.69, 9.17) is 0 Å². The van der Waals surface area contributed by atoms with E-state index in [-0.39, 0.29) is 6.10 Å². The molecule has 0 spiro atoms. The first kappa shape index (κ1) is 14.9. The lowest BCUT2D eigenvalue weighted by Gasteiger charge is -2.17. The zero-order valence-electron chi connectivity index (χ0n) is 12.2. The van der Waals surface area contributed by atoms with Gasteiger partial charge in [0.05, 0.1) is 12.6 Å². The first-order chi connectivity index (χ1) is 9.79. The number of guanidine groups is 1. The molecule has 2 unspecified atom stereocenters. The number of hydrogen-bond acceptors (Lipinski definition) is 2. The number of nitrogens with zero attached hydrogens (tertiary/aromatic N) is 1. The Kier molecular flexibility index (Phi) is 5.87. The molecule has 0 saturated heterocycles. The fourth-order valence-electron chi connectivity index (χ4n) is 2.58. The second kappa shape index (κ2) is 7.90. The number of benzene rings is 1. The molecule has 0 bridgehead atoms. The third-order valence-corrected chi connectivity index (χ3v) is 3.76. The lowest BCUT2D eigenvalue weighted by molar-refractivity contribution is 0.134. The summed E-state index contributed by atoms with van der Waals surface area (Å²) in [5.41, 5.74) is 1.20. The monoisotopic (exact) mass is 275 g/mol. The maximum absolute atomic E-state index is 9.84. The molecule has 0 amide bonds. The molecule has 0 heterocycles. The normalized spacial score (nSPS) is 22.8. The number of aliphatic hydroxyl groups excluding tert-OH is 1. The Morgan fingerprint density at radius 2 is 2.05 bits per heavy atom. The van der Waals surface area contributed by atoms with Crippen LogP contribution in [0.4, 0.5) is 0 Å². The second-order valence-electron chi connectivity index (χ2n) is 5.32. The summed E-state index contributed by atoms with van der Waals surface area (Å²) < 4.78 is 0. The molecule has 1 saturated carbocycles. The Morgan fingerprint density at radius 1 is 1.25 bits per heavy atom. The summed E-state index contributed by atoms with van der Waals surface area (Å²) in [6.07, 6.45) is 3.01. The predicted octanol–water partition coefficient (Wildman–Crippen LogP) is 1.90. The van der Waals surface area contributed by atoms with Gasteiger partial charge in [0.15, 0.2) is 5.96 Å². The van der Waals surface area contributed by atoms with E-state index in [1.807, 2.05) is 18.2 Å². The lowest BCUT2D eigenvalue weighted by atomic mass is 10.1. The fraction of sp³-hybridized carbons (Fsp3) is 0.562. The fourth-order valence-corrected chi connectivity index (χ4v) is 2.58. The number of hydrogen-bond donors (Lipinski definition) is 3. The largest absolute Gasteiger partial charge is 0.393 e. The molecule has 1 aliphatic rings. The van der Waals surface area contributed by atoms with E-state index in [0.29, 0.717) is 12.5 Å². The molecule has 1 aliphatic carbocycles. The number of nitrogens with one attached hydrogen (secondary N) is 2. The van der Waals surface area contributed by atoms with Gasteiger partial charge < -0.3 is 15.7 Å². The van der Waals surface area contributed by atoms with Crippen LogP contribution in [0.2, 0.25) is 0 Å². The molecule has 1 aromatic carbocycles. The number of aliphatic hydroxyl groups is 1. The van der Waals surface area contributed by atoms with Gasteiger partial charge in [-0.25, -0.2) is 4.99 Å². The highest BCUT2D eigenvalue weighted by molar-refractivity contribution is 5.79. The van der Waals surface area contributed by atoms with Crippen LogP contribution in [0.15, 0.2) is 35.3 Å². The van der Waals surface area contributed by atoms with Crippen molar-refractivity contribution in [1.29, 1.82) is 0 Å². The third-order valence-electron chi connectivity index (χ3n) is 3.76. The number of rotatable bonds is 5. The Labute approximate surface area is 121 Å². The zero-order chi connectivity index (χ0) is 14.2. The summed E-state index contributed by atoms with van der Waals surface area (Å²) in [5, 5.41) is 16.4. The molecule has 20 heavy (non-hydrogen) atoms. The quantitative estimate of drug-likeness (QED) is 0.568. The highest BCUT2D eigenvalue weighted by Gasteiger charge is 2.24. The summed E-state index contributed by atoms with van der Waals surface area (Å²) in [7, 11) is 0. The van der Waals surface area contributed by atoms with E-state index in [9.17, 15) is 5.11 Å². The van der Waals surface area contributed by atoms with E-state index in [0.717, 1.165) is 38.3 Å². The topological polar surface area (TPSA) is 56.7 Å². The summed E-state index contributed by atoms with van der Waals surface area (Å²) in [6, 6.07) is 10.2. The van der Waals surface area contributed by atoms with Crippen molar-refractivity contribution >= 4 is 5.96 Å². The molecule has 0 aliphatic heterocycles. The minimum absolute atomic E-state index is 0.153. The van der Waals surface area contributed by atoms with E-state index < -0.39 is 0 Å². The van der Waals surface area contributed by atoms with Crippen LogP contribution >= 0.6 is 0 Å². The van der Waals surface area contributed by atoms with Gasteiger partial charge in [0, 0.05) is 19.0 Å². The molecule has 4 heteroatoms. The van der Waals surface area contributed by atoms with Gasteiger partial charge in [0.1, 0.15) is 0 Å². The van der Waals surface area contributed by atoms with Crippen molar-refractivity contribution < 1.29 is 5.11 Å². The molecule has 110 valence electrons. The van der Waals surface area contributed by atoms with Crippen LogP contribution in [0.25, 0.3) is 0 Å². The van der Waals surface area contributed by atoms with Crippen molar-refractivity contribution in [2.45, 2.75) is 38.8 Å². The maximum Gasteiger partial charge on any atom is 0.191 e. The highest BCUT2D eigenvalue weighted by atomic mass is 16.3. The SMILES string of the molecule is CCNC(=NCc1ccccc1)NCC1CCCC1O. The van der Waals surface area contributed by atoms with Crippen LogP contribution in [0.5, 0.6) is 0 Å². The Balaban J connectivity index is 1.85. The van der Waals surface area contributed by atoms with E-state index in [1.165, 1.54) is 5.56 Å². The molecule has 1 aromatic rings. The van der Waals surface area contributed by atoms with Gasteiger partial charge in [-0.05, 0) is 25.3 Å². The van der Waals surface area contributed by atoms with Crippen LogP contribution in [-0.4, -0.2) is 30.3 Å². The van der Waals surface area contributed by atoms with Crippen molar-refractivity contribution in [2.24, 2.45) is 10.9 Å². The molecule has 4 nitrogen and oxygen atoms in total. The van der Waals surface area contributed by atoms with Gasteiger partial charge in [-0.3, -0.25) is 0 Å². The molecule has 0 aromatic heterocycles. The lowest BCUT2D eigenvalue weighted by Crippen LogP contribution is -2.41. The second-order valence-corrected chi connectivity index (χ2v) is 5.32. The average molecular weight is 275 g/mol. The first-order valence-corrected chi connectivity index (χ1v) is 7.53. The zero-order valence-corrected chi connectivity index (χ0v) is 12.2. The molecular formula is C16H25N3O. The highest BCUT2D eigenvalue weighted by Crippen LogP contribution is 2.24. The van der Waals surface area contributed by atoms with Gasteiger partial charge in [0.25, 0.3) is 0 Å². The average Bonchev–Trinajstić information content (AvgIpc) is 2.88. The Hall–Kier alpha value is -1.55. The van der Waals surface area contributed by atoms with Crippen LogP contribution in [-0.2, 0) is 6.54 Å². The minimum Gasteiger partial charge on any atom is -0.393 e. The standard InChI is InChI=1S/C16H25N3O/c1-2-17-16(18-11-13-7-4-3-5-8-13)19-12-14-9-6-10-15(14)20/h3-5,7-8,14-15,20H,2,6,9-12H2,1H3,(H2,17,18,19).